The maximum absolute atomic E-state index is 12.4. The lowest BCUT2D eigenvalue weighted by atomic mass is 9.99. The Balaban J connectivity index is 1.90. The summed E-state index contributed by atoms with van der Waals surface area (Å²) in [6.45, 7) is 3.52. The standard InChI is InChI=1S/C17H18N2O2/c1-11-4-2-6-14(16(11)20)17(21)19-15-7-3-5-12-10-18-9-8-13(12)15/h2-7,18,20H,8-10H2,1H3,(H,19,21). The van der Waals surface area contributed by atoms with Crippen molar-refractivity contribution >= 4 is 11.6 Å². The first-order valence-electron chi connectivity index (χ1n) is 7.08. The molecular formula is C17H18N2O2. The highest BCUT2D eigenvalue weighted by molar-refractivity contribution is 6.06. The zero-order valence-electron chi connectivity index (χ0n) is 11.9. The lowest BCUT2D eigenvalue weighted by Crippen LogP contribution is -2.25. The van der Waals surface area contributed by atoms with E-state index in [4.69, 9.17) is 0 Å². The van der Waals surface area contributed by atoms with Crippen LogP contribution in [0.25, 0.3) is 0 Å². The molecule has 4 heteroatoms. The van der Waals surface area contributed by atoms with Gasteiger partial charge in [0, 0.05) is 12.2 Å². The zero-order chi connectivity index (χ0) is 14.8. The maximum atomic E-state index is 12.4. The van der Waals surface area contributed by atoms with Crippen LogP contribution < -0.4 is 10.6 Å². The van der Waals surface area contributed by atoms with Gasteiger partial charge in [-0.1, -0.05) is 24.3 Å². The van der Waals surface area contributed by atoms with Crippen LogP contribution in [-0.4, -0.2) is 17.6 Å². The van der Waals surface area contributed by atoms with Crippen molar-refractivity contribution in [3.05, 3.63) is 58.7 Å². The lowest BCUT2D eigenvalue weighted by Gasteiger charge is -2.20. The number of phenols is 1. The molecule has 21 heavy (non-hydrogen) atoms. The minimum atomic E-state index is -0.275. The van der Waals surface area contributed by atoms with Crippen LogP contribution in [0.2, 0.25) is 0 Å². The van der Waals surface area contributed by atoms with Gasteiger partial charge in [0.15, 0.2) is 0 Å². The average Bonchev–Trinajstić information content (AvgIpc) is 2.50. The Bertz CT molecular complexity index is 695. The van der Waals surface area contributed by atoms with Crippen LogP contribution in [0.15, 0.2) is 36.4 Å². The highest BCUT2D eigenvalue weighted by atomic mass is 16.3. The molecule has 0 bridgehead atoms. The predicted molar refractivity (Wildman–Crippen MR) is 82.6 cm³/mol. The second-order valence-corrected chi connectivity index (χ2v) is 5.30. The lowest BCUT2D eigenvalue weighted by molar-refractivity contribution is 0.102. The Hall–Kier alpha value is -2.33. The Labute approximate surface area is 123 Å². The molecule has 4 nitrogen and oxygen atoms in total. The van der Waals surface area contributed by atoms with Crippen LogP contribution in [0.3, 0.4) is 0 Å². The van der Waals surface area contributed by atoms with Gasteiger partial charge in [-0.2, -0.15) is 0 Å². The van der Waals surface area contributed by atoms with E-state index in [1.807, 2.05) is 12.1 Å². The molecular weight excluding hydrogens is 264 g/mol. The summed E-state index contributed by atoms with van der Waals surface area (Å²) < 4.78 is 0. The van der Waals surface area contributed by atoms with Crippen molar-refractivity contribution in [2.45, 2.75) is 19.9 Å². The van der Waals surface area contributed by atoms with Gasteiger partial charge >= 0.3 is 0 Å². The molecule has 0 saturated carbocycles. The monoisotopic (exact) mass is 282 g/mol. The van der Waals surface area contributed by atoms with E-state index in [1.54, 1.807) is 25.1 Å². The molecule has 2 aromatic rings. The number of aromatic hydroxyl groups is 1. The minimum Gasteiger partial charge on any atom is -0.507 e. The molecule has 0 atom stereocenters. The minimum absolute atomic E-state index is 0.0430. The molecule has 1 aliphatic rings. The Kier molecular flexibility index (Phi) is 3.62. The van der Waals surface area contributed by atoms with Crippen molar-refractivity contribution in [1.82, 2.24) is 5.32 Å². The molecule has 2 aromatic carbocycles. The van der Waals surface area contributed by atoms with Crippen molar-refractivity contribution in [3.8, 4) is 5.75 Å². The molecule has 0 fully saturated rings. The number of hydrogen-bond acceptors (Lipinski definition) is 3. The Morgan fingerprint density at radius 3 is 2.90 bits per heavy atom. The fourth-order valence-corrected chi connectivity index (χ4v) is 2.68. The summed E-state index contributed by atoms with van der Waals surface area (Å²) in [6, 6.07) is 11.1. The van der Waals surface area contributed by atoms with E-state index in [0.29, 0.717) is 11.1 Å². The maximum Gasteiger partial charge on any atom is 0.259 e. The number of phenolic OH excluding ortho intramolecular Hbond substituents is 1. The van der Waals surface area contributed by atoms with Gasteiger partial charge in [-0.15, -0.1) is 0 Å². The molecule has 3 N–H and O–H groups in total. The largest absolute Gasteiger partial charge is 0.507 e. The number of amides is 1. The van der Waals surface area contributed by atoms with Crippen molar-refractivity contribution in [1.29, 1.82) is 0 Å². The number of aryl methyl sites for hydroxylation is 1. The number of fused-ring (bicyclic) bond motifs is 1. The number of nitrogens with one attached hydrogen (secondary N) is 2. The number of anilines is 1. The summed E-state index contributed by atoms with van der Waals surface area (Å²) >= 11 is 0. The third kappa shape index (κ3) is 2.62. The number of carbonyl (C=O) groups excluding carboxylic acids is 1. The SMILES string of the molecule is Cc1cccc(C(=O)Nc2cccc3c2CCNC3)c1O. The second-order valence-electron chi connectivity index (χ2n) is 5.30. The molecule has 0 radical (unpaired) electrons. The molecule has 1 aliphatic heterocycles. The van der Waals surface area contributed by atoms with E-state index >= 15 is 0 Å². The van der Waals surface area contributed by atoms with Gasteiger partial charge in [0.2, 0.25) is 0 Å². The predicted octanol–water partition coefficient (Wildman–Crippen LogP) is 2.60. The number of carbonyl (C=O) groups is 1. The summed E-state index contributed by atoms with van der Waals surface area (Å²) in [5.74, 6) is -0.232. The third-order valence-corrected chi connectivity index (χ3v) is 3.87. The number of rotatable bonds is 2. The van der Waals surface area contributed by atoms with Gasteiger partial charge in [-0.3, -0.25) is 4.79 Å². The smallest absolute Gasteiger partial charge is 0.259 e. The highest BCUT2D eigenvalue weighted by Gasteiger charge is 2.17. The number of para-hydroxylation sites is 1. The first-order valence-corrected chi connectivity index (χ1v) is 7.08. The van der Waals surface area contributed by atoms with Gasteiger partial charge in [0.1, 0.15) is 5.75 Å². The molecule has 0 unspecified atom stereocenters. The van der Waals surface area contributed by atoms with Gasteiger partial charge in [0.25, 0.3) is 5.91 Å². The third-order valence-electron chi connectivity index (χ3n) is 3.87. The second kappa shape index (κ2) is 5.58. The molecule has 1 heterocycles. The van der Waals surface area contributed by atoms with Crippen LogP contribution in [0.1, 0.15) is 27.0 Å². The summed E-state index contributed by atoms with van der Waals surface area (Å²) in [7, 11) is 0. The van der Waals surface area contributed by atoms with Crippen LogP contribution in [0.4, 0.5) is 5.69 Å². The molecule has 0 spiro atoms. The zero-order valence-corrected chi connectivity index (χ0v) is 11.9. The number of hydrogen-bond donors (Lipinski definition) is 3. The molecule has 1 amide bonds. The van der Waals surface area contributed by atoms with E-state index in [-0.39, 0.29) is 11.7 Å². The Morgan fingerprint density at radius 1 is 1.24 bits per heavy atom. The first-order chi connectivity index (χ1) is 10.2. The van der Waals surface area contributed by atoms with Crippen molar-refractivity contribution < 1.29 is 9.90 Å². The summed E-state index contributed by atoms with van der Waals surface area (Å²) in [6.07, 6.45) is 0.894. The van der Waals surface area contributed by atoms with E-state index < -0.39 is 0 Å². The topological polar surface area (TPSA) is 61.4 Å². The fourth-order valence-electron chi connectivity index (χ4n) is 2.68. The van der Waals surface area contributed by atoms with E-state index in [9.17, 15) is 9.90 Å². The summed E-state index contributed by atoms with van der Waals surface area (Å²) in [5.41, 5.74) is 4.23. The summed E-state index contributed by atoms with van der Waals surface area (Å²) in [4.78, 5) is 12.4. The normalized spacial score (nSPS) is 13.6. The summed E-state index contributed by atoms with van der Waals surface area (Å²) in [5, 5.41) is 16.3. The van der Waals surface area contributed by atoms with Crippen LogP contribution in [0, 0.1) is 6.92 Å². The van der Waals surface area contributed by atoms with Crippen LogP contribution >= 0.6 is 0 Å². The Morgan fingerprint density at radius 2 is 2.05 bits per heavy atom. The van der Waals surface area contributed by atoms with Crippen LogP contribution in [-0.2, 0) is 13.0 Å². The average molecular weight is 282 g/mol. The van der Waals surface area contributed by atoms with E-state index in [1.165, 1.54) is 11.1 Å². The number of benzene rings is 2. The fraction of sp³-hybridized carbons (Fsp3) is 0.235. The van der Waals surface area contributed by atoms with E-state index in [0.717, 1.165) is 25.2 Å². The molecule has 3 rings (SSSR count). The van der Waals surface area contributed by atoms with Gasteiger partial charge in [-0.05, 0) is 48.7 Å². The van der Waals surface area contributed by atoms with Gasteiger partial charge < -0.3 is 15.7 Å². The van der Waals surface area contributed by atoms with Crippen molar-refractivity contribution in [2.75, 3.05) is 11.9 Å². The van der Waals surface area contributed by atoms with Gasteiger partial charge in [0.05, 0.1) is 5.56 Å². The quantitative estimate of drug-likeness (QED) is 0.793. The molecule has 0 aromatic heterocycles. The van der Waals surface area contributed by atoms with E-state index in [2.05, 4.69) is 16.7 Å². The van der Waals surface area contributed by atoms with Crippen molar-refractivity contribution in [2.24, 2.45) is 0 Å². The van der Waals surface area contributed by atoms with Gasteiger partial charge in [-0.25, -0.2) is 0 Å². The van der Waals surface area contributed by atoms with Crippen molar-refractivity contribution in [3.63, 3.8) is 0 Å². The molecule has 0 aliphatic carbocycles. The molecule has 108 valence electrons. The molecule has 0 saturated heterocycles. The first kappa shape index (κ1) is 13.6. The highest BCUT2D eigenvalue weighted by Crippen LogP contribution is 2.26. The van der Waals surface area contributed by atoms with Crippen LogP contribution in [0.5, 0.6) is 5.75 Å².